The molecule has 1 aliphatic heterocycles. The van der Waals surface area contributed by atoms with Crippen molar-refractivity contribution in [1.82, 2.24) is 36.4 Å². The van der Waals surface area contributed by atoms with Crippen LogP contribution in [-0.4, -0.2) is 32.1 Å². The quantitative estimate of drug-likeness (QED) is 0.445. The maximum absolute atomic E-state index is 11.2. The van der Waals surface area contributed by atoms with Gasteiger partial charge in [-0.1, -0.05) is 20.7 Å². The minimum absolute atomic E-state index is 0.303. The van der Waals surface area contributed by atoms with Gasteiger partial charge in [-0.3, -0.25) is 0 Å². The average molecular weight is 227 g/mol. The molecule has 4 amide bonds. The van der Waals surface area contributed by atoms with Gasteiger partial charge >= 0.3 is 23.4 Å². The third-order valence-corrected chi connectivity index (χ3v) is 1.44. The molecule has 1 radical (unpaired) electrons. The molecular formula is C4H3N8O4. The molecule has 12 heteroatoms. The smallest absolute Gasteiger partial charge is 0.244 e. The predicted molar refractivity (Wildman–Crippen MR) is 44.3 cm³/mol. The fourth-order valence-corrected chi connectivity index (χ4v) is 0.869. The van der Waals surface area contributed by atoms with E-state index in [9.17, 15) is 19.2 Å². The first-order chi connectivity index (χ1) is 7.58. The summed E-state index contributed by atoms with van der Waals surface area (Å²) >= 11 is 0. The van der Waals surface area contributed by atoms with Crippen LogP contribution in [0.3, 0.4) is 0 Å². The van der Waals surface area contributed by atoms with Crippen molar-refractivity contribution in [3.8, 4) is 0 Å². The number of carbonyl (C=O) groups is 2. The van der Waals surface area contributed by atoms with Gasteiger partial charge in [0.05, 0.1) is 0 Å². The molecule has 0 spiro atoms. The van der Waals surface area contributed by atoms with Crippen LogP contribution in [0.5, 0.6) is 0 Å². The summed E-state index contributed by atoms with van der Waals surface area (Å²) in [4.78, 5) is 44.2. The van der Waals surface area contributed by atoms with Gasteiger partial charge in [0.2, 0.25) is 0 Å². The van der Waals surface area contributed by atoms with Gasteiger partial charge in [0, 0.05) is 0 Å². The first-order valence-electron chi connectivity index (χ1n) is 3.76. The lowest BCUT2D eigenvalue weighted by Crippen LogP contribution is -2.68. The van der Waals surface area contributed by atoms with Crippen molar-refractivity contribution in [2.24, 2.45) is 0 Å². The van der Waals surface area contributed by atoms with Gasteiger partial charge in [-0.05, 0) is 0 Å². The van der Waals surface area contributed by atoms with E-state index in [4.69, 9.17) is 0 Å². The number of aromatic nitrogens is 4. The van der Waals surface area contributed by atoms with Crippen molar-refractivity contribution < 1.29 is 9.59 Å². The van der Waals surface area contributed by atoms with Gasteiger partial charge < -0.3 is 0 Å². The summed E-state index contributed by atoms with van der Waals surface area (Å²) in [5, 5.41) is 7.96. The minimum atomic E-state index is -1.08. The van der Waals surface area contributed by atoms with Crippen LogP contribution in [0.25, 0.3) is 0 Å². The molecule has 12 nitrogen and oxygen atoms in total. The van der Waals surface area contributed by atoms with Crippen LogP contribution in [0.1, 0.15) is 0 Å². The van der Waals surface area contributed by atoms with E-state index in [-0.39, 0.29) is 0 Å². The van der Waals surface area contributed by atoms with Crippen molar-refractivity contribution in [2.45, 2.75) is 0 Å². The van der Waals surface area contributed by atoms with Crippen molar-refractivity contribution in [2.75, 3.05) is 5.12 Å². The number of urea groups is 2. The summed E-state index contributed by atoms with van der Waals surface area (Å²) in [5.74, 6) is 0. The number of hydrogen-bond donors (Lipinski definition) is 3. The number of nitrogens with one attached hydrogen (secondary N) is 3. The highest BCUT2D eigenvalue weighted by molar-refractivity contribution is 5.92. The second kappa shape index (κ2) is 3.34. The van der Waals surface area contributed by atoms with Gasteiger partial charge in [-0.25, -0.2) is 35.1 Å². The standard InChI is InChI=1S/C4H3N8O4/c13-1-5-7-3(15)11(9-1)12-4(16)8-6-2(14)10-12/h(H,5,13)(H,7,15)(H,10,14). The second-order valence-electron chi connectivity index (χ2n) is 2.46. The predicted octanol–water partition coefficient (Wildman–Crippen LogP) is -3.87. The number of aromatic amines is 1. The Morgan fingerprint density at radius 1 is 1.00 bits per heavy atom. The lowest BCUT2D eigenvalue weighted by molar-refractivity contribution is 0.201. The number of nitrogens with zero attached hydrogens (tertiary/aromatic N) is 5. The zero-order valence-corrected chi connectivity index (χ0v) is 7.37. The van der Waals surface area contributed by atoms with Crippen LogP contribution in [0.4, 0.5) is 9.59 Å². The number of hydrazine groups is 1. The van der Waals surface area contributed by atoms with E-state index in [0.29, 0.717) is 9.91 Å². The van der Waals surface area contributed by atoms with E-state index >= 15 is 0 Å². The van der Waals surface area contributed by atoms with Crippen LogP contribution in [0, 0.1) is 0 Å². The molecule has 2 rings (SSSR count). The molecular weight excluding hydrogens is 224 g/mol. The Hall–Kier alpha value is -2.92. The van der Waals surface area contributed by atoms with Crippen molar-refractivity contribution in [1.29, 1.82) is 0 Å². The topological polar surface area (TPSA) is 156 Å². The van der Waals surface area contributed by atoms with Gasteiger partial charge in [0.25, 0.3) is 0 Å². The number of carbonyl (C=O) groups excluding carboxylic acids is 2. The SMILES string of the molecule is O=C1[N]N(n2[nH]c(=O)nnc2=O)C(=O)NN1. The molecule has 3 N–H and O–H groups in total. The van der Waals surface area contributed by atoms with Crippen LogP contribution in [0.2, 0.25) is 0 Å². The Morgan fingerprint density at radius 3 is 2.50 bits per heavy atom. The lowest BCUT2D eigenvalue weighted by atomic mass is 10.9. The number of hydrogen-bond acceptors (Lipinski definition) is 6. The maximum atomic E-state index is 11.2. The monoisotopic (exact) mass is 227 g/mol. The Morgan fingerprint density at radius 2 is 1.75 bits per heavy atom. The molecule has 0 atom stereocenters. The molecule has 0 saturated carbocycles. The average Bonchev–Trinajstić information content (AvgIpc) is 2.25. The summed E-state index contributed by atoms with van der Waals surface area (Å²) in [7, 11) is 0. The maximum Gasteiger partial charge on any atom is 0.402 e. The van der Waals surface area contributed by atoms with Crippen LogP contribution in [0.15, 0.2) is 9.59 Å². The van der Waals surface area contributed by atoms with Crippen molar-refractivity contribution in [3.63, 3.8) is 0 Å². The molecule has 1 aliphatic rings. The summed E-state index contributed by atoms with van der Waals surface area (Å²) in [5.41, 5.74) is 4.84. The molecule has 1 aromatic rings. The van der Waals surface area contributed by atoms with Crippen molar-refractivity contribution in [3.05, 3.63) is 21.0 Å². The molecule has 0 aromatic carbocycles. The van der Waals surface area contributed by atoms with Crippen LogP contribution in [-0.2, 0) is 0 Å². The molecule has 1 saturated heterocycles. The summed E-state index contributed by atoms with van der Waals surface area (Å²) in [6.45, 7) is 0. The van der Waals surface area contributed by atoms with E-state index in [1.807, 2.05) is 16.0 Å². The Balaban J connectivity index is 2.46. The highest BCUT2D eigenvalue weighted by atomic mass is 16.2. The Bertz CT molecular complexity index is 558. The van der Waals surface area contributed by atoms with E-state index in [0.717, 1.165) is 0 Å². The lowest BCUT2D eigenvalue weighted by Gasteiger charge is -2.24. The van der Waals surface area contributed by atoms with E-state index in [2.05, 4.69) is 15.6 Å². The largest absolute Gasteiger partial charge is 0.402 e. The van der Waals surface area contributed by atoms with Gasteiger partial charge in [0.1, 0.15) is 0 Å². The molecule has 2 heterocycles. The molecule has 1 aromatic heterocycles. The molecule has 1 fully saturated rings. The zero-order chi connectivity index (χ0) is 11.7. The number of amides is 4. The van der Waals surface area contributed by atoms with Gasteiger partial charge in [0.15, 0.2) is 0 Å². The minimum Gasteiger partial charge on any atom is -0.244 e. The normalized spacial score (nSPS) is 15.1. The van der Waals surface area contributed by atoms with Crippen molar-refractivity contribution >= 4 is 12.1 Å². The van der Waals surface area contributed by atoms with Gasteiger partial charge in [-0.2, -0.15) is 0 Å². The highest BCUT2D eigenvalue weighted by Gasteiger charge is 2.27. The summed E-state index contributed by atoms with van der Waals surface area (Å²) in [6.07, 6.45) is 0. The Labute approximate surface area is 85.1 Å². The van der Waals surface area contributed by atoms with E-state index < -0.39 is 23.4 Å². The third-order valence-electron chi connectivity index (χ3n) is 1.44. The summed E-state index contributed by atoms with van der Waals surface area (Å²) in [6, 6.07) is -1.88. The zero-order valence-electron chi connectivity index (χ0n) is 7.37. The molecule has 0 unspecified atom stereocenters. The first kappa shape index (κ1) is 9.63. The molecule has 0 bridgehead atoms. The highest BCUT2D eigenvalue weighted by Crippen LogP contribution is 1.85. The second-order valence-corrected chi connectivity index (χ2v) is 2.46. The Kier molecular flexibility index (Phi) is 2.01. The first-order valence-corrected chi connectivity index (χ1v) is 3.76. The number of rotatable bonds is 1. The summed E-state index contributed by atoms with van der Waals surface area (Å²) < 4.78 is 0. The third kappa shape index (κ3) is 1.54. The van der Waals surface area contributed by atoms with E-state index in [1.165, 1.54) is 0 Å². The van der Waals surface area contributed by atoms with Crippen LogP contribution >= 0.6 is 0 Å². The number of H-pyrrole nitrogens is 1. The molecule has 83 valence electrons. The molecule has 16 heavy (non-hydrogen) atoms. The van der Waals surface area contributed by atoms with Crippen LogP contribution < -0.4 is 32.8 Å². The van der Waals surface area contributed by atoms with Gasteiger partial charge in [-0.15, -0.1) is 4.79 Å². The molecule has 0 aliphatic carbocycles. The van der Waals surface area contributed by atoms with E-state index in [1.54, 1.807) is 0 Å². The fourth-order valence-electron chi connectivity index (χ4n) is 0.869. The fraction of sp³-hybridized carbons (Fsp3) is 0.